The van der Waals surface area contributed by atoms with Gasteiger partial charge in [-0.1, -0.05) is 0 Å². The quantitative estimate of drug-likeness (QED) is 0.596. The second kappa shape index (κ2) is 2.59. The van der Waals surface area contributed by atoms with Crippen LogP contribution in [0, 0.1) is 11.3 Å². The Labute approximate surface area is 75.5 Å². The molecule has 1 atom stereocenters. The van der Waals surface area contributed by atoms with Crippen LogP contribution in [0.5, 0.6) is 0 Å². The van der Waals surface area contributed by atoms with E-state index < -0.39 is 0 Å². The summed E-state index contributed by atoms with van der Waals surface area (Å²) in [5.41, 5.74) is 6.43. The SMILES string of the molecule is C[C@@H]1Cn2c(cnc2C#N)C(N)=N1. The number of nitriles is 1. The van der Waals surface area contributed by atoms with Crippen molar-refractivity contribution in [3.05, 3.63) is 17.7 Å². The molecule has 1 aliphatic rings. The van der Waals surface area contributed by atoms with Gasteiger partial charge in [-0.3, -0.25) is 4.99 Å². The van der Waals surface area contributed by atoms with Crippen LogP contribution in [0.1, 0.15) is 18.4 Å². The first-order valence-corrected chi connectivity index (χ1v) is 4.01. The number of amidine groups is 1. The monoisotopic (exact) mass is 175 g/mol. The molecular weight excluding hydrogens is 166 g/mol. The molecule has 1 aromatic rings. The fourth-order valence-electron chi connectivity index (χ4n) is 1.46. The van der Waals surface area contributed by atoms with E-state index in [1.807, 2.05) is 13.0 Å². The summed E-state index contributed by atoms with van der Waals surface area (Å²) in [6, 6.07) is 2.14. The molecule has 0 saturated carbocycles. The van der Waals surface area contributed by atoms with Crippen LogP contribution in [0.2, 0.25) is 0 Å². The number of rotatable bonds is 0. The molecule has 2 heterocycles. The molecule has 0 bridgehead atoms. The summed E-state index contributed by atoms with van der Waals surface area (Å²) in [5.74, 6) is 0.868. The third-order valence-electron chi connectivity index (χ3n) is 2.02. The van der Waals surface area contributed by atoms with Gasteiger partial charge in [-0.05, 0) is 6.92 Å². The van der Waals surface area contributed by atoms with E-state index in [-0.39, 0.29) is 6.04 Å². The number of nitrogens with two attached hydrogens (primary N) is 1. The summed E-state index contributed by atoms with van der Waals surface area (Å²) >= 11 is 0. The van der Waals surface area contributed by atoms with Gasteiger partial charge >= 0.3 is 0 Å². The molecule has 13 heavy (non-hydrogen) atoms. The summed E-state index contributed by atoms with van der Waals surface area (Å²) in [6.07, 6.45) is 1.59. The minimum Gasteiger partial charge on any atom is -0.382 e. The molecule has 0 fully saturated rings. The zero-order valence-corrected chi connectivity index (χ0v) is 7.23. The minimum atomic E-state index is 0.119. The molecule has 2 rings (SSSR count). The zero-order chi connectivity index (χ0) is 9.42. The van der Waals surface area contributed by atoms with Crippen LogP contribution < -0.4 is 5.73 Å². The molecule has 5 heteroatoms. The van der Waals surface area contributed by atoms with E-state index in [1.54, 1.807) is 10.8 Å². The van der Waals surface area contributed by atoms with Crippen molar-refractivity contribution in [3.63, 3.8) is 0 Å². The molecule has 0 unspecified atom stereocenters. The maximum atomic E-state index is 8.74. The molecule has 0 saturated heterocycles. The Morgan fingerprint density at radius 3 is 3.23 bits per heavy atom. The second-order valence-corrected chi connectivity index (χ2v) is 3.05. The van der Waals surface area contributed by atoms with Gasteiger partial charge in [0.15, 0.2) is 0 Å². The summed E-state index contributed by atoms with van der Waals surface area (Å²) in [6.45, 7) is 2.63. The van der Waals surface area contributed by atoms with Crippen LogP contribution in [0.15, 0.2) is 11.2 Å². The lowest BCUT2D eigenvalue weighted by Crippen LogP contribution is -2.29. The maximum absolute atomic E-state index is 8.74. The highest BCUT2D eigenvalue weighted by molar-refractivity contribution is 5.96. The van der Waals surface area contributed by atoms with Crippen molar-refractivity contribution in [3.8, 4) is 6.07 Å². The van der Waals surface area contributed by atoms with Gasteiger partial charge in [0.05, 0.1) is 12.2 Å². The van der Waals surface area contributed by atoms with Crippen molar-refractivity contribution in [1.82, 2.24) is 9.55 Å². The highest BCUT2D eigenvalue weighted by Crippen LogP contribution is 2.12. The Kier molecular flexibility index (Phi) is 1.55. The number of hydrogen-bond acceptors (Lipinski definition) is 4. The molecule has 1 aliphatic heterocycles. The molecule has 66 valence electrons. The average molecular weight is 175 g/mol. The summed E-state index contributed by atoms with van der Waals surface area (Å²) in [5, 5.41) is 8.74. The van der Waals surface area contributed by atoms with Gasteiger partial charge < -0.3 is 10.3 Å². The van der Waals surface area contributed by atoms with Crippen LogP contribution in [-0.2, 0) is 6.54 Å². The average Bonchev–Trinajstić information content (AvgIpc) is 2.47. The van der Waals surface area contributed by atoms with Gasteiger partial charge in [-0.15, -0.1) is 0 Å². The van der Waals surface area contributed by atoms with Crippen LogP contribution in [0.25, 0.3) is 0 Å². The van der Waals surface area contributed by atoms with Crippen LogP contribution in [0.3, 0.4) is 0 Å². The fourth-order valence-corrected chi connectivity index (χ4v) is 1.46. The number of aliphatic imine (C=N–C) groups is 1. The third kappa shape index (κ3) is 1.07. The first-order valence-electron chi connectivity index (χ1n) is 4.01. The molecule has 2 N–H and O–H groups in total. The summed E-state index contributed by atoms with van der Waals surface area (Å²) in [7, 11) is 0. The molecule has 0 aromatic carbocycles. The maximum Gasteiger partial charge on any atom is 0.213 e. The topological polar surface area (TPSA) is 80.0 Å². The van der Waals surface area contributed by atoms with Gasteiger partial charge in [-0.25, -0.2) is 4.98 Å². The molecule has 0 aliphatic carbocycles. The number of aromatic nitrogens is 2. The predicted octanol–water partition coefficient (Wildman–Crippen LogP) is -0.138. The number of imidazole rings is 1. The lowest BCUT2D eigenvalue weighted by Gasteiger charge is -2.17. The standard InChI is InChI=1S/C8H9N5/c1-5-4-13-6(8(10)12-5)3-11-7(13)2-9/h3,5H,4H2,1H3,(H2,10,12)/t5-/m1/s1. The Hall–Kier alpha value is -1.83. The van der Waals surface area contributed by atoms with Gasteiger partial charge in [0.2, 0.25) is 5.82 Å². The first-order chi connectivity index (χ1) is 6.22. The van der Waals surface area contributed by atoms with Crippen LogP contribution in [0.4, 0.5) is 0 Å². The third-order valence-corrected chi connectivity index (χ3v) is 2.02. The summed E-state index contributed by atoms with van der Waals surface area (Å²) in [4.78, 5) is 8.14. The van der Waals surface area contributed by atoms with Gasteiger partial charge in [0.25, 0.3) is 0 Å². The molecule has 0 amide bonds. The predicted molar refractivity (Wildman–Crippen MR) is 47.1 cm³/mol. The minimum absolute atomic E-state index is 0.119. The van der Waals surface area contributed by atoms with E-state index >= 15 is 0 Å². The van der Waals surface area contributed by atoms with Crippen molar-refractivity contribution in [1.29, 1.82) is 5.26 Å². The van der Waals surface area contributed by atoms with E-state index in [4.69, 9.17) is 11.0 Å². The van der Waals surface area contributed by atoms with Crippen molar-refractivity contribution >= 4 is 5.84 Å². The smallest absolute Gasteiger partial charge is 0.213 e. The van der Waals surface area contributed by atoms with E-state index in [1.165, 1.54) is 0 Å². The normalized spacial score (nSPS) is 20.3. The molecule has 0 spiro atoms. The van der Waals surface area contributed by atoms with Crippen LogP contribution >= 0.6 is 0 Å². The number of fused-ring (bicyclic) bond motifs is 1. The van der Waals surface area contributed by atoms with Crippen molar-refractivity contribution in [2.45, 2.75) is 19.5 Å². The molecule has 0 radical (unpaired) electrons. The van der Waals surface area contributed by atoms with E-state index in [9.17, 15) is 0 Å². The fraction of sp³-hybridized carbons (Fsp3) is 0.375. The Morgan fingerprint density at radius 1 is 1.77 bits per heavy atom. The Bertz CT molecular complexity index is 409. The van der Waals surface area contributed by atoms with Crippen molar-refractivity contribution < 1.29 is 0 Å². The Morgan fingerprint density at radius 2 is 2.54 bits per heavy atom. The lowest BCUT2D eigenvalue weighted by atomic mass is 10.2. The zero-order valence-electron chi connectivity index (χ0n) is 7.23. The lowest BCUT2D eigenvalue weighted by molar-refractivity contribution is 0.566. The molecular formula is C8H9N5. The number of nitrogens with zero attached hydrogens (tertiary/aromatic N) is 4. The van der Waals surface area contributed by atoms with E-state index in [0.717, 1.165) is 5.69 Å². The van der Waals surface area contributed by atoms with E-state index in [2.05, 4.69) is 9.98 Å². The molecule has 1 aromatic heterocycles. The largest absolute Gasteiger partial charge is 0.382 e. The molecule has 5 nitrogen and oxygen atoms in total. The highest BCUT2D eigenvalue weighted by atomic mass is 15.2. The van der Waals surface area contributed by atoms with Crippen molar-refractivity contribution in [2.24, 2.45) is 10.7 Å². The van der Waals surface area contributed by atoms with Gasteiger partial charge in [0.1, 0.15) is 17.6 Å². The van der Waals surface area contributed by atoms with Gasteiger partial charge in [-0.2, -0.15) is 5.26 Å². The van der Waals surface area contributed by atoms with Crippen LogP contribution in [-0.4, -0.2) is 21.4 Å². The van der Waals surface area contributed by atoms with Gasteiger partial charge in [0, 0.05) is 6.54 Å². The summed E-state index contributed by atoms with van der Waals surface area (Å²) < 4.78 is 1.80. The highest BCUT2D eigenvalue weighted by Gasteiger charge is 2.19. The number of hydrogen-bond donors (Lipinski definition) is 1. The van der Waals surface area contributed by atoms with E-state index in [0.29, 0.717) is 18.2 Å². The first kappa shape index (κ1) is 7.80. The Balaban J connectivity index is 2.57. The van der Waals surface area contributed by atoms with Crippen molar-refractivity contribution in [2.75, 3.05) is 0 Å². The second-order valence-electron chi connectivity index (χ2n) is 3.05.